The molecule has 30 heavy (non-hydrogen) atoms. The maximum Gasteiger partial charge on any atom is 0.413 e. The number of carbonyl (C=O) groups excluding carboxylic acids is 1. The molecule has 2 saturated heterocycles. The van der Waals surface area contributed by atoms with Gasteiger partial charge < -0.3 is 15.0 Å². The second-order valence-electron chi connectivity index (χ2n) is 7.66. The first-order chi connectivity index (χ1) is 14.1. The summed E-state index contributed by atoms with van der Waals surface area (Å²) in [6, 6.07) is 3.05. The maximum atomic E-state index is 14.3. The van der Waals surface area contributed by atoms with E-state index in [9.17, 15) is 13.6 Å². The van der Waals surface area contributed by atoms with Crippen LogP contribution in [0.3, 0.4) is 0 Å². The second kappa shape index (κ2) is 8.51. The highest BCUT2D eigenvalue weighted by Gasteiger charge is 2.31. The lowest BCUT2D eigenvalue weighted by atomic mass is 9.97. The minimum atomic E-state index is -3.03. The van der Waals surface area contributed by atoms with Gasteiger partial charge in [-0.2, -0.15) is 0 Å². The zero-order chi connectivity index (χ0) is 22.1. The molecule has 162 valence electrons. The minimum Gasteiger partial charge on any atom is -0.441 e. The number of pyridine rings is 1. The summed E-state index contributed by atoms with van der Waals surface area (Å²) in [5, 5.41) is 5.88. The molecule has 1 amide bonds. The molecule has 3 heterocycles. The third kappa shape index (κ3) is 4.67. The Hall–Kier alpha value is -2.81. The van der Waals surface area contributed by atoms with E-state index in [1.54, 1.807) is 13.8 Å². The number of halogens is 2. The van der Waals surface area contributed by atoms with Crippen molar-refractivity contribution in [3.8, 4) is 0 Å². The highest BCUT2D eigenvalue weighted by Crippen LogP contribution is 2.33. The van der Waals surface area contributed by atoms with Gasteiger partial charge in [-0.25, -0.2) is 23.6 Å². The van der Waals surface area contributed by atoms with E-state index in [2.05, 4.69) is 27.2 Å². The quantitative estimate of drug-likeness (QED) is 0.782. The number of alkyl carbamates (subject to hydrolysis) is 1. The fourth-order valence-corrected chi connectivity index (χ4v) is 3.68. The number of ether oxygens (including phenoxy) is 1. The average Bonchev–Trinajstić information content (AvgIpc) is 2.66. The third-order valence-electron chi connectivity index (χ3n) is 5.19. The van der Waals surface area contributed by atoms with E-state index in [0.717, 1.165) is 13.5 Å². The monoisotopic (exact) mass is 419 g/mol. The third-order valence-corrected chi connectivity index (χ3v) is 5.19. The number of rotatable bonds is 4. The topological polar surface area (TPSA) is 78.8 Å². The van der Waals surface area contributed by atoms with Crippen molar-refractivity contribution >= 4 is 23.3 Å². The van der Waals surface area contributed by atoms with Gasteiger partial charge in [0.25, 0.3) is 5.92 Å². The summed E-state index contributed by atoms with van der Waals surface area (Å²) < 4.78 is 33.9. The predicted molar refractivity (Wildman–Crippen MR) is 113 cm³/mol. The van der Waals surface area contributed by atoms with E-state index in [4.69, 9.17) is 4.74 Å². The first kappa shape index (κ1) is 21.9. The molecule has 2 fully saturated rings. The zero-order valence-electron chi connectivity index (χ0n) is 17.6. The smallest absolute Gasteiger partial charge is 0.413 e. The molecular formula is C21H27F2N5O2. The van der Waals surface area contributed by atoms with E-state index in [1.807, 2.05) is 11.8 Å². The van der Waals surface area contributed by atoms with Crippen molar-refractivity contribution in [2.75, 3.05) is 24.5 Å². The average molecular weight is 419 g/mol. The SMILES string of the molecule is C=CN=C1NC(=O)OC(C)/C1=C(/C)c1cc(C(C)(F)F)cc(N2CCN[C@@H](C)C2)n1. The number of hydrogen-bond donors (Lipinski definition) is 2. The second-order valence-corrected chi connectivity index (χ2v) is 7.66. The zero-order valence-corrected chi connectivity index (χ0v) is 17.6. The molecule has 2 aliphatic heterocycles. The van der Waals surface area contributed by atoms with Gasteiger partial charge in [0, 0.05) is 49.9 Å². The summed E-state index contributed by atoms with van der Waals surface area (Å²) in [4.78, 5) is 22.5. The van der Waals surface area contributed by atoms with E-state index in [0.29, 0.717) is 35.7 Å². The van der Waals surface area contributed by atoms with Crippen molar-refractivity contribution in [3.05, 3.63) is 41.7 Å². The van der Waals surface area contributed by atoms with Gasteiger partial charge in [-0.1, -0.05) is 6.58 Å². The number of aromatic nitrogens is 1. The fraction of sp³-hybridized carbons (Fsp3) is 0.476. The molecule has 2 atom stereocenters. The lowest BCUT2D eigenvalue weighted by Crippen LogP contribution is -2.49. The molecule has 0 spiro atoms. The predicted octanol–water partition coefficient (Wildman–Crippen LogP) is 3.44. The van der Waals surface area contributed by atoms with Crippen LogP contribution in [0, 0.1) is 0 Å². The number of hydrogen-bond acceptors (Lipinski definition) is 6. The number of amidine groups is 1. The Labute approximate surface area is 174 Å². The Kier molecular flexibility index (Phi) is 6.21. The number of aliphatic imine (C=N–C) groups is 1. The van der Waals surface area contributed by atoms with Crippen LogP contribution in [0.2, 0.25) is 0 Å². The summed E-state index contributed by atoms with van der Waals surface area (Å²) in [5.74, 6) is -2.26. The van der Waals surface area contributed by atoms with Crippen LogP contribution >= 0.6 is 0 Å². The number of cyclic esters (lactones) is 1. The van der Waals surface area contributed by atoms with Crippen LogP contribution in [0.15, 0.2) is 35.5 Å². The van der Waals surface area contributed by atoms with E-state index in [-0.39, 0.29) is 17.4 Å². The molecule has 1 aromatic rings. The summed E-state index contributed by atoms with van der Waals surface area (Å²) in [5.41, 5.74) is 1.43. The number of nitrogens with zero attached hydrogens (tertiary/aromatic N) is 3. The van der Waals surface area contributed by atoms with Crippen molar-refractivity contribution < 1.29 is 18.3 Å². The first-order valence-corrected chi connectivity index (χ1v) is 9.86. The van der Waals surface area contributed by atoms with Gasteiger partial charge in [-0.3, -0.25) is 5.32 Å². The number of nitrogens with one attached hydrogen (secondary N) is 2. The number of allylic oxidation sites excluding steroid dienone is 1. The van der Waals surface area contributed by atoms with Crippen molar-refractivity contribution in [2.45, 2.75) is 45.8 Å². The molecule has 0 saturated carbocycles. The Morgan fingerprint density at radius 3 is 2.80 bits per heavy atom. The number of anilines is 1. The molecule has 2 N–H and O–H groups in total. The van der Waals surface area contributed by atoms with Crippen molar-refractivity contribution in [3.63, 3.8) is 0 Å². The molecule has 0 radical (unpaired) electrons. The lowest BCUT2D eigenvalue weighted by Gasteiger charge is -2.33. The van der Waals surface area contributed by atoms with Crippen LogP contribution in [-0.4, -0.2) is 48.7 Å². The molecular weight excluding hydrogens is 392 g/mol. The molecule has 1 unspecified atom stereocenters. The van der Waals surface area contributed by atoms with Gasteiger partial charge in [-0.05, 0) is 38.5 Å². The highest BCUT2D eigenvalue weighted by molar-refractivity contribution is 6.13. The molecule has 0 aliphatic carbocycles. The number of piperazine rings is 1. The van der Waals surface area contributed by atoms with Crippen LogP contribution in [0.1, 0.15) is 39.0 Å². The molecule has 0 aromatic carbocycles. The van der Waals surface area contributed by atoms with Gasteiger partial charge >= 0.3 is 6.09 Å². The van der Waals surface area contributed by atoms with Crippen molar-refractivity contribution in [2.24, 2.45) is 4.99 Å². The first-order valence-electron chi connectivity index (χ1n) is 9.86. The molecule has 7 nitrogen and oxygen atoms in total. The Balaban J connectivity index is 2.14. The van der Waals surface area contributed by atoms with Gasteiger partial charge in [0.15, 0.2) is 0 Å². The van der Waals surface area contributed by atoms with E-state index in [1.165, 1.54) is 18.3 Å². The van der Waals surface area contributed by atoms with E-state index >= 15 is 0 Å². The summed E-state index contributed by atoms with van der Waals surface area (Å²) in [7, 11) is 0. The standard InChI is InChI=1S/C21H27F2N5O2/c1-6-24-19-18(14(4)30-20(29)27-19)13(3)16-9-15(21(5,22)23)10-17(26-16)28-8-7-25-12(2)11-28/h6,9-10,12,14,25H,1,7-8,11H2,2-5H3,(H,24,27,29)/b18-13+/t12-,14?/m0/s1. The number of carbonyl (C=O) groups is 1. The van der Waals surface area contributed by atoms with Crippen LogP contribution in [0.4, 0.5) is 19.4 Å². The number of alkyl halides is 2. The van der Waals surface area contributed by atoms with Crippen LogP contribution in [-0.2, 0) is 10.7 Å². The fourth-order valence-electron chi connectivity index (χ4n) is 3.68. The van der Waals surface area contributed by atoms with Crippen LogP contribution in [0.5, 0.6) is 0 Å². The van der Waals surface area contributed by atoms with Gasteiger partial charge in [0.05, 0.1) is 5.69 Å². The molecule has 9 heteroatoms. The Morgan fingerprint density at radius 2 is 2.17 bits per heavy atom. The van der Waals surface area contributed by atoms with Crippen molar-refractivity contribution in [1.82, 2.24) is 15.6 Å². The summed E-state index contributed by atoms with van der Waals surface area (Å²) in [6.45, 7) is 12.0. The van der Waals surface area contributed by atoms with Gasteiger partial charge in [0.2, 0.25) is 0 Å². The molecule has 2 aliphatic rings. The maximum absolute atomic E-state index is 14.3. The number of amides is 1. The molecule has 1 aromatic heterocycles. The van der Waals surface area contributed by atoms with Crippen LogP contribution in [0.25, 0.3) is 5.57 Å². The van der Waals surface area contributed by atoms with E-state index < -0.39 is 18.1 Å². The molecule has 0 bridgehead atoms. The van der Waals surface area contributed by atoms with Crippen LogP contribution < -0.4 is 15.5 Å². The van der Waals surface area contributed by atoms with Gasteiger partial charge in [0.1, 0.15) is 17.8 Å². The highest BCUT2D eigenvalue weighted by atomic mass is 19.3. The normalized spacial score (nSPS) is 25.6. The largest absolute Gasteiger partial charge is 0.441 e. The Bertz CT molecular complexity index is 907. The molecule has 3 rings (SSSR count). The summed E-state index contributed by atoms with van der Waals surface area (Å²) >= 11 is 0. The lowest BCUT2D eigenvalue weighted by molar-refractivity contribution is 0.0174. The van der Waals surface area contributed by atoms with Gasteiger partial charge in [-0.15, -0.1) is 0 Å². The summed E-state index contributed by atoms with van der Waals surface area (Å²) in [6.07, 6.45) is 0.0584. The minimum absolute atomic E-state index is 0.121. The Morgan fingerprint density at radius 1 is 1.43 bits per heavy atom. The van der Waals surface area contributed by atoms with Crippen molar-refractivity contribution in [1.29, 1.82) is 0 Å².